The average Bonchev–Trinajstić information content (AvgIpc) is 3.18. The Morgan fingerprint density at radius 3 is 1.44 bits per heavy atom. The van der Waals surface area contributed by atoms with E-state index in [0.29, 0.717) is 5.56 Å². The molecule has 1 aliphatic rings. The Morgan fingerprint density at radius 2 is 0.920 bits per heavy atom. The van der Waals surface area contributed by atoms with Crippen molar-refractivity contribution in [2.45, 2.75) is 44.0 Å². The van der Waals surface area contributed by atoms with Crippen molar-refractivity contribution in [1.82, 2.24) is 10.6 Å². The highest BCUT2D eigenvalue weighted by Crippen LogP contribution is 2.36. The van der Waals surface area contributed by atoms with Gasteiger partial charge in [-0.15, -0.1) is 0 Å². The van der Waals surface area contributed by atoms with Crippen LogP contribution >= 0.6 is 15.8 Å². The second-order valence-electron chi connectivity index (χ2n) is 12.6. The maximum absolute atomic E-state index is 14.3. The Hall–Kier alpha value is -4.43. The van der Waals surface area contributed by atoms with Gasteiger partial charge in [0.2, 0.25) is 0 Å². The summed E-state index contributed by atoms with van der Waals surface area (Å²) in [5, 5.41) is 26.0. The summed E-state index contributed by atoms with van der Waals surface area (Å²) in [5.74, 6) is -0.0646. The van der Waals surface area contributed by atoms with Crippen LogP contribution in [0.2, 0.25) is 0 Å². The van der Waals surface area contributed by atoms with E-state index in [1.54, 1.807) is 0 Å². The van der Waals surface area contributed by atoms with E-state index < -0.39 is 22.1 Å². The molecule has 1 fully saturated rings. The molecule has 1 saturated carbocycles. The normalized spacial score (nSPS) is 16.6. The van der Waals surface area contributed by atoms with Crippen LogP contribution in [-0.4, -0.2) is 23.1 Å². The number of nitrogens with one attached hydrogen (secondary N) is 2. The molecule has 0 aliphatic heterocycles. The van der Waals surface area contributed by atoms with E-state index in [1.807, 2.05) is 54.6 Å². The third-order valence-electron chi connectivity index (χ3n) is 9.37. The number of aliphatic hydroxyl groups excluding tert-OH is 1. The lowest BCUT2D eigenvalue weighted by Crippen LogP contribution is -2.53. The van der Waals surface area contributed by atoms with E-state index in [9.17, 15) is 9.90 Å². The van der Waals surface area contributed by atoms with Crippen LogP contribution in [-0.2, 0) is 0 Å². The van der Waals surface area contributed by atoms with Crippen LogP contribution in [0.4, 0.5) is 0 Å². The van der Waals surface area contributed by atoms with Crippen molar-refractivity contribution in [2.24, 2.45) is 0 Å². The highest BCUT2D eigenvalue weighted by molar-refractivity contribution is 7.80. The number of amides is 1. The number of rotatable bonds is 11. The number of hydrogen-bond acceptors (Lipinski definition) is 3. The van der Waals surface area contributed by atoms with Gasteiger partial charge in [0.05, 0.1) is 0 Å². The Labute approximate surface area is 298 Å². The fourth-order valence-electron chi connectivity index (χ4n) is 6.99. The molecule has 7 rings (SSSR count). The summed E-state index contributed by atoms with van der Waals surface area (Å²) in [4.78, 5) is 14.3. The SMILES string of the molecule is O=C(N[C@H]1CCCC[C@@H]1N[C@@H](O)c1ccccc1P(c1ccccc1)c1ccccc1)c1ccccc1P(c1ccccc1)c1ccccc1. The van der Waals surface area contributed by atoms with Gasteiger partial charge >= 0.3 is 0 Å². The number of carbonyl (C=O) groups is 1. The van der Waals surface area contributed by atoms with Gasteiger partial charge in [0.15, 0.2) is 0 Å². The molecule has 4 nitrogen and oxygen atoms in total. The van der Waals surface area contributed by atoms with Gasteiger partial charge in [-0.05, 0) is 66.6 Å². The predicted molar refractivity (Wildman–Crippen MR) is 212 cm³/mol. The van der Waals surface area contributed by atoms with E-state index in [0.717, 1.165) is 41.9 Å². The van der Waals surface area contributed by atoms with Gasteiger partial charge in [0.25, 0.3) is 5.91 Å². The molecule has 1 amide bonds. The average molecular weight is 693 g/mol. The van der Waals surface area contributed by atoms with Crippen LogP contribution in [0.5, 0.6) is 0 Å². The summed E-state index contributed by atoms with van der Waals surface area (Å²) in [6.45, 7) is 0. The summed E-state index contributed by atoms with van der Waals surface area (Å²) >= 11 is 0. The molecule has 0 saturated heterocycles. The molecule has 6 aromatic carbocycles. The highest BCUT2D eigenvalue weighted by Gasteiger charge is 2.31. The van der Waals surface area contributed by atoms with Gasteiger partial charge in [0.1, 0.15) is 6.23 Å². The lowest BCUT2D eigenvalue weighted by atomic mass is 9.89. The minimum absolute atomic E-state index is 0.0646. The molecule has 3 N–H and O–H groups in total. The van der Waals surface area contributed by atoms with Crippen LogP contribution in [0.15, 0.2) is 170 Å². The standard InChI is InChI=1S/C44H42N2O2P2/c47-43(37-27-13-17-31-41(37)49(33-19-5-1-6-20-33)34-21-7-2-8-22-34)45-39-29-15-16-30-40(39)46-44(48)38-28-14-18-32-42(38)50(35-23-9-3-10-24-35)36-25-11-4-12-26-36/h1-14,17-28,31-32,39-40,43,45,47H,15-16,29-30H2,(H,46,48)/t39-,40-,43-/m0/s1. The topological polar surface area (TPSA) is 61.4 Å². The number of carbonyl (C=O) groups excluding carboxylic acids is 1. The number of benzene rings is 6. The van der Waals surface area contributed by atoms with Crippen molar-refractivity contribution in [1.29, 1.82) is 0 Å². The van der Waals surface area contributed by atoms with Crippen LogP contribution in [0, 0.1) is 0 Å². The number of hydrogen-bond donors (Lipinski definition) is 3. The minimum atomic E-state index is -0.941. The molecule has 1 aliphatic carbocycles. The van der Waals surface area contributed by atoms with Crippen molar-refractivity contribution in [3.8, 4) is 0 Å². The smallest absolute Gasteiger partial charge is 0.252 e. The van der Waals surface area contributed by atoms with Crippen molar-refractivity contribution >= 4 is 53.6 Å². The van der Waals surface area contributed by atoms with Gasteiger partial charge in [0, 0.05) is 23.2 Å². The molecule has 6 aromatic rings. The first-order valence-electron chi connectivity index (χ1n) is 17.4. The predicted octanol–water partition coefficient (Wildman–Crippen LogP) is 6.52. The van der Waals surface area contributed by atoms with Gasteiger partial charge in [-0.3, -0.25) is 10.1 Å². The fourth-order valence-corrected chi connectivity index (χ4v) is 11.9. The van der Waals surface area contributed by atoms with Gasteiger partial charge < -0.3 is 10.4 Å². The molecule has 0 spiro atoms. The van der Waals surface area contributed by atoms with Crippen molar-refractivity contribution in [3.63, 3.8) is 0 Å². The highest BCUT2D eigenvalue weighted by atomic mass is 31.1. The minimum Gasteiger partial charge on any atom is -0.374 e. The Morgan fingerprint density at radius 1 is 0.520 bits per heavy atom. The first kappa shape index (κ1) is 34.0. The zero-order valence-corrected chi connectivity index (χ0v) is 29.8. The molecule has 3 atom stereocenters. The van der Waals surface area contributed by atoms with Crippen LogP contribution < -0.4 is 42.5 Å². The van der Waals surface area contributed by atoms with E-state index >= 15 is 0 Å². The summed E-state index contributed by atoms with van der Waals surface area (Å²) in [7, 11) is -1.84. The van der Waals surface area contributed by atoms with Crippen molar-refractivity contribution < 1.29 is 9.90 Å². The lowest BCUT2D eigenvalue weighted by Gasteiger charge is -2.35. The maximum atomic E-state index is 14.3. The molecule has 0 heterocycles. The molecule has 6 heteroatoms. The van der Waals surface area contributed by atoms with Crippen molar-refractivity contribution in [2.75, 3.05) is 0 Å². The maximum Gasteiger partial charge on any atom is 0.252 e. The molecule has 0 bridgehead atoms. The van der Waals surface area contributed by atoms with Crippen LogP contribution in [0.1, 0.15) is 47.8 Å². The zero-order chi connectivity index (χ0) is 34.1. The second kappa shape index (κ2) is 16.5. The molecule has 0 radical (unpaired) electrons. The molecule has 250 valence electrons. The number of aliphatic hydroxyl groups is 1. The van der Waals surface area contributed by atoms with E-state index in [-0.39, 0.29) is 18.0 Å². The van der Waals surface area contributed by atoms with Crippen LogP contribution in [0.25, 0.3) is 0 Å². The van der Waals surface area contributed by atoms with E-state index in [2.05, 4.69) is 126 Å². The van der Waals surface area contributed by atoms with Crippen molar-refractivity contribution in [3.05, 3.63) is 181 Å². The Kier molecular flexibility index (Phi) is 11.2. The van der Waals surface area contributed by atoms with E-state index in [4.69, 9.17) is 0 Å². The third kappa shape index (κ3) is 7.81. The lowest BCUT2D eigenvalue weighted by molar-refractivity contribution is 0.0841. The summed E-state index contributed by atoms with van der Waals surface area (Å²) < 4.78 is 0. The first-order valence-corrected chi connectivity index (χ1v) is 20.1. The summed E-state index contributed by atoms with van der Waals surface area (Å²) in [5.41, 5.74) is 1.58. The van der Waals surface area contributed by atoms with E-state index in [1.165, 1.54) is 21.2 Å². The largest absolute Gasteiger partial charge is 0.374 e. The molecule has 0 aromatic heterocycles. The first-order chi connectivity index (χ1) is 24.7. The molecular formula is C44H42N2O2P2. The monoisotopic (exact) mass is 692 g/mol. The van der Waals surface area contributed by atoms with Gasteiger partial charge in [-0.2, -0.15) is 0 Å². The Bertz CT molecular complexity index is 1900. The Balaban J connectivity index is 1.15. The van der Waals surface area contributed by atoms with Gasteiger partial charge in [-0.1, -0.05) is 177 Å². The third-order valence-corrected chi connectivity index (χ3v) is 14.4. The second-order valence-corrected chi connectivity index (χ2v) is 17.0. The zero-order valence-electron chi connectivity index (χ0n) is 28.0. The summed E-state index contributed by atoms with van der Waals surface area (Å²) in [6.07, 6.45) is 2.92. The summed E-state index contributed by atoms with van der Waals surface area (Å²) in [6, 6.07) is 58.3. The van der Waals surface area contributed by atoms with Crippen LogP contribution in [0.3, 0.4) is 0 Å². The van der Waals surface area contributed by atoms with Gasteiger partial charge in [-0.25, -0.2) is 0 Å². The quantitative estimate of drug-likeness (QED) is 0.107. The molecule has 0 unspecified atom stereocenters. The fraction of sp³-hybridized carbons (Fsp3) is 0.159. The molecule has 50 heavy (non-hydrogen) atoms. The molecular weight excluding hydrogens is 650 g/mol.